The molecule has 0 N–H and O–H groups in total. The Kier molecular flexibility index (Phi) is 9.60. The highest BCUT2D eigenvalue weighted by Gasteiger charge is 2.25. The molecule has 0 aromatic rings. The third-order valence-electron chi connectivity index (χ3n) is 3.41. The summed E-state index contributed by atoms with van der Waals surface area (Å²) in [5.74, 6) is -1.33. The van der Waals surface area contributed by atoms with Crippen LogP contribution in [0.5, 0.6) is 0 Å². The summed E-state index contributed by atoms with van der Waals surface area (Å²) >= 11 is 0. The zero-order valence-electron chi connectivity index (χ0n) is 17.2. The SMILES string of the molecule is C=CC(=O)OC(C)C(CCC(=O)OC(C)(C)C)CCC(=O)OC(C)(C)C. The summed E-state index contributed by atoms with van der Waals surface area (Å²) in [6, 6.07) is 0. The molecule has 0 aromatic carbocycles. The largest absolute Gasteiger partial charge is 0.460 e. The van der Waals surface area contributed by atoms with Gasteiger partial charge in [0.1, 0.15) is 17.3 Å². The second kappa shape index (κ2) is 10.3. The average Bonchev–Trinajstić information content (AvgIpc) is 2.42. The predicted molar refractivity (Wildman–Crippen MR) is 99.4 cm³/mol. The van der Waals surface area contributed by atoms with E-state index >= 15 is 0 Å². The van der Waals surface area contributed by atoms with Crippen LogP contribution in [0.15, 0.2) is 12.7 Å². The molecule has 0 heterocycles. The van der Waals surface area contributed by atoms with Gasteiger partial charge in [-0.2, -0.15) is 0 Å². The van der Waals surface area contributed by atoms with Crippen molar-refractivity contribution in [3.63, 3.8) is 0 Å². The first-order valence-electron chi connectivity index (χ1n) is 9.00. The van der Waals surface area contributed by atoms with Gasteiger partial charge >= 0.3 is 17.9 Å². The molecule has 0 amide bonds. The zero-order valence-corrected chi connectivity index (χ0v) is 17.2. The molecule has 0 aliphatic rings. The molecule has 26 heavy (non-hydrogen) atoms. The van der Waals surface area contributed by atoms with E-state index in [-0.39, 0.29) is 30.7 Å². The van der Waals surface area contributed by atoms with E-state index in [1.165, 1.54) is 0 Å². The summed E-state index contributed by atoms with van der Waals surface area (Å²) < 4.78 is 15.9. The van der Waals surface area contributed by atoms with Crippen molar-refractivity contribution in [2.75, 3.05) is 0 Å². The van der Waals surface area contributed by atoms with Gasteiger partial charge in [-0.1, -0.05) is 6.58 Å². The maximum atomic E-state index is 12.0. The summed E-state index contributed by atoms with van der Waals surface area (Å²) in [6.07, 6.45) is 1.91. The van der Waals surface area contributed by atoms with Crippen molar-refractivity contribution in [1.29, 1.82) is 0 Å². The number of carbonyl (C=O) groups excluding carboxylic acids is 3. The molecule has 0 saturated heterocycles. The summed E-state index contributed by atoms with van der Waals surface area (Å²) in [6.45, 7) is 16.0. The van der Waals surface area contributed by atoms with E-state index in [0.29, 0.717) is 12.8 Å². The number of hydrogen-bond donors (Lipinski definition) is 0. The van der Waals surface area contributed by atoms with Crippen LogP contribution in [0.2, 0.25) is 0 Å². The van der Waals surface area contributed by atoms with E-state index in [4.69, 9.17) is 14.2 Å². The summed E-state index contributed by atoms with van der Waals surface area (Å²) in [5.41, 5.74) is -1.10. The molecule has 0 saturated carbocycles. The van der Waals surface area contributed by atoms with Gasteiger partial charge in [-0.05, 0) is 67.2 Å². The van der Waals surface area contributed by atoms with Gasteiger partial charge in [-0.3, -0.25) is 9.59 Å². The topological polar surface area (TPSA) is 78.9 Å². The standard InChI is InChI=1S/C20H34O6/c1-9-16(21)24-14(2)15(10-12-17(22)25-19(3,4)5)11-13-18(23)26-20(6,7)8/h9,14-15H,1,10-13H2,2-8H3. The molecule has 6 nitrogen and oxygen atoms in total. The van der Waals surface area contributed by atoms with Crippen LogP contribution >= 0.6 is 0 Å². The van der Waals surface area contributed by atoms with Crippen molar-refractivity contribution in [1.82, 2.24) is 0 Å². The molecule has 0 aliphatic heterocycles. The molecule has 6 heteroatoms. The molecule has 1 unspecified atom stereocenters. The molecule has 0 aliphatic carbocycles. The lowest BCUT2D eigenvalue weighted by atomic mass is 9.92. The molecule has 150 valence electrons. The Balaban J connectivity index is 4.79. The molecule has 0 aromatic heterocycles. The first kappa shape index (κ1) is 24.1. The van der Waals surface area contributed by atoms with Crippen molar-refractivity contribution in [3.8, 4) is 0 Å². The minimum absolute atomic E-state index is 0.168. The van der Waals surface area contributed by atoms with E-state index in [9.17, 15) is 14.4 Å². The molecular formula is C20H34O6. The second-order valence-electron chi connectivity index (χ2n) is 8.36. The summed E-state index contributed by atoms with van der Waals surface area (Å²) in [7, 11) is 0. The summed E-state index contributed by atoms with van der Waals surface area (Å²) in [5, 5.41) is 0. The lowest BCUT2D eigenvalue weighted by Gasteiger charge is -2.25. The van der Waals surface area contributed by atoms with Gasteiger partial charge in [0.15, 0.2) is 0 Å². The Labute approximate surface area is 157 Å². The van der Waals surface area contributed by atoms with Crippen molar-refractivity contribution < 1.29 is 28.6 Å². The van der Waals surface area contributed by atoms with Crippen molar-refractivity contribution in [2.45, 2.75) is 91.5 Å². The Hall–Kier alpha value is -1.85. The zero-order chi connectivity index (χ0) is 20.5. The summed E-state index contributed by atoms with van der Waals surface area (Å²) in [4.78, 5) is 35.4. The van der Waals surface area contributed by atoms with Crippen molar-refractivity contribution >= 4 is 17.9 Å². The van der Waals surface area contributed by atoms with E-state index in [0.717, 1.165) is 6.08 Å². The lowest BCUT2D eigenvalue weighted by Crippen LogP contribution is -2.28. The fourth-order valence-corrected chi connectivity index (χ4v) is 2.33. The van der Waals surface area contributed by atoms with Gasteiger partial charge in [-0.15, -0.1) is 0 Å². The van der Waals surface area contributed by atoms with Crippen molar-refractivity contribution in [3.05, 3.63) is 12.7 Å². The quantitative estimate of drug-likeness (QED) is 0.347. The minimum atomic E-state index is -0.552. The molecule has 0 fully saturated rings. The van der Waals surface area contributed by atoms with Crippen LogP contribution in [0.4, 0.5) is 0 Å². The highest BCUT2D eigenvalue weighted by Crippen LogP contribution is 2.23. The van der Waals surface area contributed by atoms with Crippen LogP contribution < -0.4 is 0 Å². The highest BCUT2D eigenvalue weighted by molar-refractivity contribution is 5.81. The van der Waals surface area contributed by atoms with Gasteiger partial charge in [0.05, 0.1) is 0 Å². The van der Waals surface area contributed by atoms with Crippen LogP contribution in [-0.4, -0.2) is 35.2 Å². The number of carbonyl (C=O) groups is 3. The lowest BCUT2D eigenvalue weighted by molar-refractivity contribution is -0.155. The van der Waals surface area contributed by atoms with E-state index in [1.807, 2.05) is 0 Å². The monoisotopic (exact) mass is 370 g/mol. The highest BCUT2D eigenvalue weighted by atomic mass is 16.6. The predicted octanol–water partition coefficient (Wildman–Crippen LogP) is 3.96. The minimum Gasteiger partial charge on any atom is -0.460 e. The molecular weight excluding hydrogens is 336 g/mol. The second-order valence-corrected chi connectivity index (χ2v) is 8.36. The van der Waals surface area contributed by atoms with Gasteiger partial charge in [-0.25, -0.2) is 4.79 Å². The van der Waals surface area contributed by atoms with Crippen LogP contribution in [0.3, 0.4) is 0 Å². The van der Waals surface area contributed by atoms with Gasteiger partial charge < -0.3 is 14.2 Å². The number of rotatable bonds is 9. The Morgan fingerprint density at radius 1 is 0.885 bits per heavy atom. The maximum absolute atomic E-state index is 12.0. The molecule has 1 atom stereocenters. The smallest absolute Gasteiger partial charge is 0.330 e. The number of hydrogen-bond acceptors (Lipinski definition) is 6. The maximum Gasteiger partial charge on any atom is 0.330 e. The molecule has 0 bridgehead atoms. The first-order chi connectivity index (χ1) is 11.7. The van der Waals surface area contributed by atoms with Gasteiger partial charge in [0.2, 0.25) is 0 Å². The fourth-order valence-electron chi connectivity index (χ4n) is 2.33. The van der Waals surface area contributed by atoms with Gasteiger partial charge in [0, 0.05) is 18.9 Å². The van der Waals surface area contributed by atoms with E-state index < -0.39 is 23.3 Å². The molecule has 0 spiro atoms. The normalized spacial score (nSPS) is 13.1. The third-order valence-corrected chi connectivity index (χ3v) is 3.41. The van der Waals surface area contributed by atoms with Crippen LogP contribution in [0.25, 0.3) is 0 Å². The number of ether oxygens (including phenoxy) is 3. The average molecular weight is 370 g/mol. The molecule has 0 rings (SSSR count). The Morgan fingerprint density at radius 3 is 1.58 bits per heavy atom. The van der Waals surface area contributed by atoms with Crippen LogP contribution in [-0.2, 0) is 28.6 Å². The number of esters is 3. The Morgan fingerprint density at radius 2 is 1.27 bits per heavy atom. The van der Waals surface area contributed by atoms with E-state index in [2.05, 4.69) is 6.58 Å². The molecule has 0 radical (unpaired) electrons. The van der Waals surface area contributed by atoms with Crippen LogP contribution in [0, 0.1) is 5.92 Å². The third kappa shape index (κ3) is 12.5. The Bertz CT molecular complexity index is 463. The van der Waals surface area contributed by atoms with Crippen molar-refractivity contribution in [2.24, 2.45) is 5.92 Å². The van der Waals surface area contributed by atoms with Gasteiger partial charge in [0.25, 0.3) is 0 Å². The van der Waals surface area contributed by atoms with E-state index in [1.54, 1.807) is 48.5 Å². The fraction of sp³-hybridized carbons (Fsp3) is 0.750. The van der Waals surface area contributed by atoms with Crippen LogP contribution in [0.1, 0.15) is 74.1 Å². The first-order valence-corrected chi connectivity index (χ1v) is 9.00.